The molecule has 1 aromatic carbocycles. The van der Waals surface area contributed by atoms with Gasteiger partial charge in [0.15, 0.2) is 12.4 Å². The third-order valence-electron chi connectivity index (χ3n) is 4.62. The number of aryl methyl sites for hydroxylation is 1. The molecule has 3 heteroatoms. The highest BCUT2D eigenvalue weighted by molar-refractivity contribution is 5.84. The fourth-order valence-electron chi connectivity index (χ4n) is 3.20. The fraction of sp³-hybridized carbons (Fsp3) is 0.238. The van der Waals surface area contributed by atoms with Gasteiger partial charge in [-0.05, 0) is 48.7 Å². The molecule has 0 saturated carbocycles. The minimum absolute atomic E-state index is 0.990. The molecule has 3 nitrogen and oxygen atoms in total. The first-order chi connectivity index (χ1) is 11.8. The number of rotatable bonds is 3. The van der Waals surface area contributed by atoms with Gasteiger partial charge in [0.2, 0.25) is 0 Å². The Morgan fingerprint density at radius 3 is 2.54 bits per heavy atom. The summed E-state index contributed by atoms with van der Waals surface area (Å²) in [7, 11) is 2.02. The predicted octanol–water partition coefficient (Wildman–Crippen LogP) is 3.83. The van der Waals surface area contributed by atoms with Crippen LogP contribution in [0.5, 0.6) is 0 Å². The number of hydrogen-bond acceptors (Lipinski definition) is 2. The van der Waals surface area contributed by atoms with Crippen LogP contribution in [0.15, 0.2) is 54.9 Å². The van der Waals surface area contributed by atoms with E-state index in [1.54, 1.807) is 0 Å². The van der Waals surface area contributed by atoms with Crippen molar-refractivity contribution in [1.29, 1.82) is 0 Å². The Hall–Kier alpha value is -2.68. The van der Waals surface area contributed by atoms with E-state index in [0.29, 0.717) is 0 Å². The van der Waals surface area contributed by atoms with E-state index in [9.17, 15) is 0 Å². The SMILES string of the molecule is C[n+]1ccc(C=Cc2ccc3cc(N4CCCC4)ccc3n2)cc1. The van der Waals surface area contributed by atoms with E-state index in [2.05, 4.69) is 59.5 Å². The first kappa shape index (κ1) is 14.9. The van der Waals surface area contributed by atoms with E-state index in [1.807, 2.05) is 24.0 Å². The van der Waals surface area contributed by atoms with Crippen molar-refractivity contribution in [2.45, 2.75) is 12.8 Å². The van der Waals surface area contributed by atoms with Crippen molar-refractivity contribution in [2.75, 3.05) is 18.0 Å². The second kappa shape index (κ2) is 6.44. The number of nitrogens with zero attached hydrogens (tertiary/aromatic N) is 3. The summed E-state index contributed by atoms with van der Waals surface area (Å²) >= 11 is 0. The van der Waals surface area contributed by atoms with Crippen LogP contribution in [-0.2, 0) is 7.05 Å². The van der Waals surface area contributed by atoms with Crippen molar-refractivity contribution in [3.63, 3.8) is 0 Å². The molecule has 0 atom stereocenters. The largest absolute Gasteiger partial charge is 0.372 e. The van der Waals surface area contributed by atoms with Gasteiger partial charge in [-0.1, -0.05) is 12.1 Å². The van der Waals surface area contributed by atoms with Gasteiger partial charge in [-0.25, -0.2) is 9.55 Å². The van der Waals surface area contributed by atoms with E-state index in [1.165, 1.54) is 42.6 Å². The summed E-state index contributed by atoms with van der Waals surface area (Å²) in [5, 5.41) is 1.21. The highest BCUT2D eigenvalue weighted by Crippen LogP contribution is 2.24. The van der Waals surface area contributed by atoms with Gasteiger partial charge < -0.3 is 4.90 Å². The topological polar surface area (TPSA) is 20.0 Å². The lowest BCUT2D eigenvalue weighted by molar-refractivity contribution is -0.671. The molecule has 24 heavy (non-hydrogen) atoms. The Balaban J connectivity index is 1.58. The number of fused-ring (bicyclic) bond motifs is 1. The number of pyridine rings is 2. The van der Waals surface area contributed by atoms with E-state index in [-0.39, 0.29) is 0 Å². The average Bonchev–Trinajstić information content (AvgIpc) is 3.15. The molecule has 0 unspecified atom stereocenters. The van der Waals surface area contributed by atoms with Crippen LogP contribution in [0.3, 0.4) is 0 Å². The van der Waals surface area contributed by atoms with Crippen molar-refractivity contribution < 1.29 is 4.57 Å². The molecule has 0 aliphatic carbocycles. The van der Waals surface area contributed by atoms with Gasteiger partial charge >= 0.3 is 0 Å². The lowest BCUT2D eigenvalue weighted by Gasteiger charge is -2.17. The molecule has 0 amide bonds. The summed E-state index contributed by atoms with van der Waals surface area (Å²) in [6, 6.07) is 15.1. The zero-order valence-electron chi connectivity index (χ0n) is 14.0. The highest BCUT2D eigenvalue weighted by atomic mass is 15.1. The first-order valence-electron chi connectivity index (χ1n) is 8.57. The maximum atomic E-state index is 4.77. The predicted molar refractivity (Wildman–Crippen MR) is 99.7 cm³/mol. The molecule has 0 spiro atoms. The average molecular weight is 316 g/mol. The van der Waals surface area contributed by atoms with Crippen LogP contribution >= 0.6 is 0 Å². The van der Waals surface area contributed by atoms with Crippen molar-refractivity contribution in [2.24, 2.45) is 7.05 Å². The Morgan fingerprint density at radius 1 is 0.958 bits per heavy atom. The molecular formula is C21H22N3+. The van der Waals surface area contributed by atoms with Gasteiger partial charge in [0.1, 0.15) is 7.05 Å². The summed E-state index contributed by atoms with van der Waals surface area (Å²) in [6.07, 6.45) is 10.9. The summed E-state index contributed by atoms with van der Waals surface area (Å²) in [6.45, 7) is 2.35. The minimum Gasteiger partial charge on any atom is -0.372 e. The third-order valence-corrected chi connectivity index (χ3v) is 4.62. The molecule has 1 aliphatic heterocycles. The van der Waals surface area contributed by atoms with Gasteiger partial charge in [0.25, 0.3) is 0 Å². The second-order valence-corrected chi connectivity index (χ2v) is 6.44. The molecule has 3 aromatic rings. The molecule has 120 valence electrons. The molecule has 1 fully saturated rings. The highest BCUT2D eigenvalue weighted by Gasteiger charge is 2.12. The maximum Gasteiger partial charge on any atom is 0.169 e. The lowest BCUT2D eigenvalue weighted by atomic mass is 10.1. The quantitative estimate of drug-likeness (QED) is 0.684. The van der Waals surface area contributed by atoms with Crippen molar-refractivity contribution >= 4 is 28.7 Å². The summed E-state index contributed by atoms with van der Waals surface area (Å²) in [4.78, 5) is 7.23. The molecule has 2 aromatic heterocycles. The van der Waals surface area contributed by atoms with E-state index in [4.69, 9.17) is 4.98 Å². The maximum absolute atomic E-state index is 4.77. The van der Waals surface area contributed by atoms with Crippen LogP contribution in [0.4, 0.5) is 5.69 Å². The van der Waals surface area contributed by atoms with Crippen molar-refractivity contribution in [1.82, 2.24) is 4.98 Å². The summed E-state index contributed by atoms with van der Waals surface area (Å²) < 4.78 is 2.03. The van der Waals surface area contributed by atoms with E-state index >= 15 is 0 Å². The molecule has 4 rings (SSSR count). The van der Waals surface area contributed by atoms with E-state index < -0.39 is 0 Å². The molecule has 0 radical (unpaired) electrons. The minimum atomic E-state index is 0.990. The normalized spacial score (nSPS) is 14.8. The van der Waals surface area contributed by atoms with Gasteiger partial charge in [-0.2, -0.15) is 0 Å². The van der Waals surface area contributed by atoms with Gasteiger partial charge in [0, 0.05) is 36.3 Å². The smallest absolute Gasteiger partial charge is 0.169 e. The Kier molecular flexibility index (Phi) is 3.99. The zero-order valence-corrected chi connectivity index (χ0v) is 14.0. The molecular weight excluding hydrogens is 294 g/mol. The number of anilines is 1. The summed E-state index contributed by atoms with van der Waals surface area (Å²) in [5.74, 6) is 0. The first-order valence-corrected chi connectivity index (χ1v) is 8.57. The van der Waals surface area contributed by atoms with Gasteiger partial charge in [-0.3, -0.25) is 0 Å². The van der Waals surface area contributed by atoms with Crippen LogP contribution in [0.2, 0.25) is 0 Å². The molecule has 3 heterocycles. The van der Waals surface area contributed by atoms with Crippen LogP contribution in [0.1, 0.15) is 24.1 Å². The zero-order chi connectivity index (χ0) is 16.4. The van der Waals surface area contributed by atoms with Crippen molar-refractivity contribution in [3.05, 3.63) is 66.1 Å². The fourth-order valence-corrected chi connectivity index (χ4v) is 3.20. The molecule has 0 N–H and O–H groups in total. The van der Waals surface area contributed by atoms with Crippen LogP contribution < -0.4 is 9.47 Å². The van der Waals surface area contributed by atoms with Crippen LogP contribution in [-0.4, -0.2) is 18.1 Å². The number of aromatic nitrogens is 2. The van der Waals surface area contributed by atoms with E-state index in [0.717, 1.165) is 11.2 Å². The Bertz CT molecular complexity index is 875. The monoisotopic (exact) mass is 316 g/mol. The van der Waals surface area contributed by atoms with Crippen molar-refractivity contribution in [3.8, 4) is 0 Å². The second-order valence-electron chi connectivity index (χ2n) is 6.44. The van der Waals surface area contributed by atoms with Gasteiger partial charge in [-0.15, -0.1) is 0 Å². The van der Waals surface area contributed by atoms with Gasteiger partial charge in [0.05, 0.1) is 11.2 Å². The summed E-state index contributed by atoms with van der Waals surface area (Å²) in [5.41, 5.74) is 4.55. The number of hydrogen-bond donors (Lipinski definition) is 0. The Morgan fingerprint density at radius 2 is 1.75 bits per heavy atom. The van der Waals surface area contributed by atoms with Crippen LogP contribution in [0, 0.1) is 0 Å². The Labute approximate surface area is 142 Å². The van der Waals surface area contributed by atoms with Crippen LogP contribution in [0.25, 0.3) is 23.1 Å². The standard InChI is InChI=1S/C21H22N3/c1-23-14-10-17(11-15-23)4-6-19-7-5-18-16-20(8-9-21(18)22-19)24-12-2-3-13-24/h4-11,14-16H,2-3,12-13H2,1H3/q+1. The third kappa shape index (κ3) is 3.16. The molecule has 0 bridgehead atoms. The molecule has 1 aliphatic rings. The number of benzene rings is 1. The lowest BCUT2D eigenvalue weighted by Crippen LogP contribution is -2.25. The molecule has 1 saturated heterocycles.